The Hall–Kier alpha value is -1.13. The van der Waals surface area contributed by atoms with Gasteiger partial charge in [-0.05, 0) is 13.8 Å². The molecule has 0 saturated carbocycles. The van der Waals surface area contributed by atoms with E-state index in [0.717, 1.165) is 0 Å². The molecule has 86 valence electrons. The molecule has 2 unspecified atom stereocenters. The summed E-state index contributed by atoms with van der Waals surface area (Å²) in [6, 6.07) is 0. The van der Waals surface area contributed by atoms with Gasteiger partial charge in [0.05, 0.1) is 13.2 Å². The van der Waals surface area contributed by atoms with Crippen LogP contribution in [0, 0.1) is 0 Å². The average Bonchev–Trinajstić information content (AvgIpc) is 2.19. The fraction of sp³-hybridized carbons (Fsp3) is 0.545. The first-order valence-electron chi connectivity index (χ1n) is 4.87. The molecule has 0 aromatic heterocycles. The van der Waals surface area contributed by atoms with E-state index in [1.165, 1.54) is 12.2 Å². The molecule has 0 fully saturated rings. The Morgan fingerprint density at radius 2 is 2.27 bits per heavy atom. The minimum absolute atomic E-state index is 0.193. The maximum Gasteiger partial charge on any atom is 0.338 e. The SMILES string of the molecule is C=CCOC(C(=O)OCC)C(O)C=CC. The fourth-order valence-electron chi connectivity index (χ4n) is 1.00. The summed E-state index contributed by atoms with van der Waals surface area (Å²) in [4.78, 5) is 11.4. The van der Waals surface area contributed by atoms with E-state index in [1.807, 2.05) is 0 Å². The Kier molecular flexibility index (Phi) is 7.58. The molecule has 4 heteroatoms. The molecule has 4 nitrogen and oxygen atoms in total. The van der Waals surface area contributed by atoms with E-state index in [-0.39, 0.29) is 13.2 Å². The van der Waals surface area contributed by atoms with Crippen molar-refractivity contribution in [2.24, 2.45) is 0 Å². The second-order valence-corrected chi connectivity index (χ2v) is 2.81. The van der Waals surface area contributed by atoms with Crippen molar-refractivity contribution in [3.63, 3.8) is 0 Å². The third-order valence-corrected chi connectivity index (χ3v) is 1.61. The normalized spacial score (nSPS) is 14.9. The number of ether oxygens (including phenoxy) is 2. The fourth-order valence-corrected chi connectivity index (χ4v) is 1.00. The van der Waals surface area contributed by atoms with Crippen LogP contribution in [0.4, 0.5) is 0 Å². The van der Waals surface area contributed by atoms with Crippen molar-refractivity contribution in [3.05, 3.63) is 24.8 Å². The van der Waals surface area contributed by atoms with Gasteiger partial charge in [0.15, 0.2) is 6.10 Å². The summed E-state index contributed by atoms with van der Waals surface area (Å²) in [5.41, 5.74) is 0. The van der Waals surface area contributed by atoms with Gasteiger partial charge in [0.2, 0.25) is 0 Å². The summed E-state index contributed by atoms with van der Waals surface area (Å²) < 4.78 is 9.90. The van der Waals surface area contributed by atoms with Gasteiger partial charge in [-0.2, -0.15) is 0 Å². The minimum atomic E-state index is -0.992. The van der Waals surface area contributed by atoms with Gasteiger partial charge in [-0.3, -0.25) is 0 Å². The van der Waals surface area contributed by atoms with Crippen molar-refractivity contribution in [2.45, 2.75) is 26.1 Å². The van der Waals surface area contributed by atoms with E-state index in [2.05, 4.69) is 6.58 Å². The number of aliphatic hydroxyl groups is 1. The van der Waals surface area contributed by atoms with E-state index in [4.69, 9.17) is 9.47 Å². The molecule has 0 aliphatic carbocycles. The molecule has 2 atom stereocenters. The molecule has 1 N–H and O–H groups in total. The molecule has 0 heterocycles. The van der Waals surface area contributed by atoms with Crippen LogP contribution in [0.3, 0.4) is 0 Å². The molecule has 15 heavy (non-hydrogen) atoms. The zero-order chi connectivity index (χ0) is 11.7. The predicted octanol–water partition coefficient (Wildman–Crippen LogP) is 1.06. The molecule has 0 saturated heterocycles. The van der Waals surface area contributed by atoms with Gasteiger partial charge in [0.25, 0.3) is 0 Å². The van der Waals surface area contributed by atoms with Crippen LogP contribution in [0.1, 0.15) is 13.8 Å². The molecule has 0 radical (unpaired) electrons. The summed E-state index contributed by atoms with van der Waals surface area (Å²) in [6.45, 7) is 7.37. The molecule has 0 bridgehead atoms. The second-order valence-electron chi connectivity index (χ2n) is 2.81. The van der Waals surface area contributed by atoms with Gasteiger partial charge in [-0.1, -0.05) is 18.2 Å². The van der Waals surface area contributed by atoms with Gasteiger partial charge in [0, 0.05) is 0 Å². The number of esters is 1. The largest absolute Gasteiger partial charge is 0.464 e. The highest BCUT2D eigenvalue weighted by Gasteiger charge is 2.26. The molecule has 0 aromatic carbocycles. The summed E-state index contributed by atoms with van der Waals surface area (Å²) >= 11 is 0. The lowest BCUT2D eigenvalue weighted by molar-refractivity contribution is -0.161. The van der Waals surface area contributed by atoms with Crippen molar-refractivity contribution in [2.75, 3.05) is 13.2 Å². The molecule has 0 aromatic rings. The lowest BCUT2D eigenvalue weighted by Crippen LogP contribution is -2.37. The summed E-state index contributed by atoms with van der Waals surface area (Å²) in [5, 5.41) is 9.59. The molecule has 0 aliphatic rings. The van der Waals surface area contributed by atoms with E-state index in [9.17, 15) is 9.90 Å². The van der Waals surface area contributed by atoms with Crippen LogP contribution in [0.25, 0.3) is 0 Å². The Morgan fingerprint density at radius 1 is 1.60 bits per heavy atom. The van der Waals surface area contributed by atoms with E-state index in [0.29, 0.717) is 0 Å². The quantitative estimate of drug-likeness (QED) is 0.508. The Labute approximate surface area is 90.2 Å². The zero-order valence-corrected chi connectivity index (χ0v) is 9.18. The van der Waals surface area contributed by atoms with Crippen molar-refractivity contribution in [1.82, 2.24) is 0 Å². The highest BCUT2D eigenvalue weighted by atomic mass is 16.6. The van der Waals surface area contributed by atoms with Crippen molar-refractivity contribution in [3.8, 4) is 0 Å². The van der Waals surface area contributed by atoms with E-state index >= 15 is 0 Å². The molecular weight excluding hydrogens is 196 g/mol. The van der Waals surface area contributed by atoms with Gasteiger partial charge in [-0.25, -0.2) is 4.79 Å². The Morgan fingerprint density at radius 3 is 2.73 bits per heavy atom. The van der Waals surface area contributed by atoms with Gasteiger partial charge >= 0.3 is 5.97 Å². The topological polar surface area (TPSA) is 55.8 Å². The van der Waals surface area contributed by atoms with Crippen molar-refractivity contribution < 1.29 is 19.4 Å². The van der Waals surface area contributed by atoms with E-state index < -0.39 is 18.2 Å². The summed E-state index contributed by atoms with van der Waals surface area (Å²) in [5.74, 6) is -0.565. The first kappa shape index (κ1) is 13.9. The number of carbonyl (C=O) groups is 1. The maximum absolute atomic E-state index is 11.4. The first-order chi connectivity index (χ1) is 7.17. The zero-order valence-electron chi connectivity index (χ0n) is 9.18. The third-order valence-electron chi connectivity index (χ3n) is 1.61. The lowest BCUT2D eigenvalue weighted by Gasteiger charge is -2.18. The van der Waals surface area contributed by atoms with E-state index in [1.54, 1.807) is 19.9 Å². The van der Waals surface area contributed by atoms with Gasteiger partial charge in [0.1, 0.15) is 6.10 Å². The second kappa shape index (κ2) is 8.20. The van der Waals surface area contributed by atoms with Crippen LogP contribution < -0.4 is 0 Å². The molecule has 0 amide bonds. The lowest BCUT2D eigenvalue weighted by atomic mass is 10.2. The molecule has 0 rings (SSSR count). The number of hydrogen-bond acceptors (Lipinski definition) is 4. The van der Waals surface area contributed by atoms with Crippen LogP contribution in [0.5, 0.6) is 0 Å². The summed E-state index contributed by atoms with van der Waals surface area (Å²) in [6.07, 6.45) is 2.65. The highest BCUT2D eigenvalue weighted by Crippen LogP contribution is 2.04. The minimum Gasteiger partial charge on any atom is -0.464 e. The smallest absolute Gasteiger partial charge is 0.338 e. The molecule has 0 aliphatic heterocycles. The molecule has 0 spiro atoms. The van der Waals surface area contributed by atoms with Crippen molar-refractivity contribution in [1.29, 1.82) is 0 Å². The number of aliphatic hydroxyl groups excluding tert-OH is 1. The van der Waals surface area contributed by atoms with Crippen LogP contribution in [-0.2, 0) is 14.3 Å². The average molecular weight is 214 g/mol. The number of hydrogen-bond donors (Lipinski definition) is 1. The predicted molar refractivity (Wildman–Crippen MR) is 57.4 cm³/mol. The number of carbonyl (C=O) groups excluding carboxylic acids is 1. The maximum atomic E-state index is 11.4. The first-order valence-corrected chi connectivity index (χ1v) is 4.87. The summed E-state index contributed by atoms with van der Waals surface area (Å²) in [7, 11) is 0. The monoisotopic (exact) mass is 214 g/mol. The standard InChI is InChI=1S/C11H18O4/c1-4-7-9(12)10(15-8-5-2)11(13)14-6-3/h4-5,7,9-10,12H,2,6,8H2,1,3H3. The third kappa shape index (κ3) is 5.34. The van der Waals surface area contributed by atoms with Gasteiger partial charge < -0.3 is 14.6 Å². The van der Waals surface area contributed by atoms with Gasteiger partial charge in [-0.15, -0.1) is 6.58 Å². The highest BCUT2D eigenvalue weighted by molar-refractivity contribution is 5.75. The van der Waals surface area contributed by atoms with Crippen LogP contribution in [-0.4, -0.2) is 36.5 Å². The molecular formula is C11H18O4. The Balaban J connectivity index is 4.40. The number of allylic oxidation sites excluding steroid dienone is 1. The van der Waals surface area contributed by atoms with Crippen molar-refractivity contribution >= 4 is 5.97 Å². The number of rotatable bonds is 7. The van der Waals surface area contributed by atoms with Crippen LogP contribution in [0.15, 0.2) is 24.8 Å². The van der Waals surface area contributed by atoms with Crippen LogP contribution >= 0.6 is 0 Å². The van der Waals surface area contributed by atoms with Crippen LogP contribution in [0.2, 0.25) is 0 Å². The Bertz CT molecular complexity index is 223.